The second-order valence-corrected chi connectivity index (χ2v) is 6.10. The Labute approximate surface area is 126 Å². The Hall–Kier alpha value is -1.39. The van der Waals surface area contributed by atoms with Gasteiger partial charge in [0.05, 0.1) is 18.6 Å². The lowest BCUT2D eigenvalue weighted by Crippen LogP contribution is -2.47. The van der Waals surface area contributed by atoms with Crippen molar-refractivity contribution in [1.29, 1.82) is 0 Å². The Balaban J connectivity index is 1.84. The molecule has 21 heavy (non-hydrogen) atoms. The van der Waals surface area contributed by atoms with E-state index in [1.165, 1.54) is 5.56 Å². The molecule has 1 amide bonds. The van der Waals surface area contributed by atoms with Gasteiger partial charge in [0.1, 0.15) is 0 Å². The summed E-state index contributed by atoms with van der Waals surface area (Å²) < 4.78 is 0. The molecular weight excluding hydrogens is 264 g/mol. The Morgan fingerprint density at radius 3 is 3.00 bits per heavy atom. The van der Waals surface area contributed by atoms with Crippen LogP contribution in [0.3, 0.4) is 0 Å². The fourth-order valence-corrected chi connectivity index (χ4v) is 3.57. The van der Waals surface area contributed by atoms with Crippen LogP contribution in [-0.2, 0) is 11.3 Å². The third-order valence-electron chi connectivity index (χ3n) is 4.76. The second kappa shape index (κ2) is 6.58. The lowest BCUT2D eigenvalue weighted by Gasteiger charge is -2.34. The van der Waals surface area contributed by atoms with Gasteiger partial charge in [-0.15, -0.1) is 0 Å². The van der Waals surface area contributed by atoms with Crippen LogP contribution in [0.5, 0.6) is 0 Å². The van der Waals surface area contributed by atoms with Crippen LogP contribution >= 0.6 is 0 Å². The number of nitrogens with one attached hydrogen (secondary N) is 1. The molecule has 3 rings (SSSR count). The van der Waals surface area contributed by atoms with E-state index in [9.17, 15) is 9.90 Å². The van der Waals surface area contributed by atoms with Crippen LogP contribution in [0.1, 0.15) is 42.7 Å². The first-order valence-electron chi connectivity index (χ1n) is 8.01. The van der Waals surface area contributed by atoms with Crippen molar-refractivity contribution in [2.24, 2.45) is 0 Å². The van der Waals surface area contributed by atoms with Gasteiger partial charge < -0.3 is 15.3 Å². The number of hydrogen-bond donors (Lipinski definition) is 2. The third-order valence-corrected chi connectivity index (χ3v) is 4.76. The zero-order valence-electron chi connectivity index (χ0n) is 12.4. The maximum absolute atomic E-state index is 13.0. The average Bonchev–Trinajstić information content (AvgIpc) is 2.79. The molecule has 2 aliphatic heterocycles. The Kier molecular flexibility index (Phi) is 4.56. The average molecular weight is 288 g/mol. The number of benzene rings is 1. The van der Waals surface area contributed by atoms with Crippen LogP contribution in [0.15, 0.2) is 24.3 Å². The molecule has 2 N–H and O–H groups in total. The molecule has 4 nitrogen and oxygen atoms in total. The van der Waals surface area contributed by atoms with Crippen molar-refractivity contribution >= 4 is 5.91 Å². The largest absolute Gasteiger partial charge is 0.394 e. The standard InChI is InChI=1S/C17H24N2O2/c20-12-14-7-2-1-5-9-19(14)17(21)16-11-18-10-13-6-3-4-8-15(13)16/h3-4,6,8,14,16,18,20H,1-2,5,7,9-12H2. The summed E-state index contributed by atoms with van der Waals surface area (Å²) in [7, 11) is 0. The van der Waals surface area contributed by atoms with Crippen molar-refractivity contribution in [2.45, 2.75) is 44.2 Å². The fourth-order valence-electron chi connectivity index (χ4n) is 3.57. The van der Waals surface area contributed by atoms with Crippen LogP contribution in [-0.4, -0.2) is 41.7 Å². The second-order valence-electron chi connectivity index (χ2n) is 6.10. The molecule has 4 heteroatoms. The van der Waals surface area contributed by atoms with E-state index in [2.05, 4.69) is 17.4 Å². The number of likely N-dealkylation sites (tertiary alicyclic amines) is 1. The molecule has 1 aromatic rings. The Bertz CT molecular complexity index is 503. The number of carbonyl (C=O) groups excluding carboxylic acids is 1. The summed E-state index contributed by atoms with van der Waals surface area (Å²) in [5.74, 6) is 0.0673. The quantitative estimate of drug-likeness (QED) is 0.870. The molecule has 0 aliphatic carbocycles. The van der Waals surface area contributed by atoms with E-state index in [1.807, 2.05) is 17.0 Å². The molecule has 2 heterocycles. The van der Waals surface area contributed by atoms with Gasteiger partial charge in [-0.3, -0.25) is 4.79 Å². The van der Waals surface area contributed by atoms with Gasteiger partial charge in [-0.2, -0.15) is 0 Å². The summed E-state index contributed by atoms with van der Waals surface area (Å²) >= 11 is 0. The van der Waals surface area contributed by atoms with Gasteiger partial charge in [-0.05, 0) is 24.0 Å². The molecule has 0 saturated carbocycles. The van der Waals surface area contributed by atoms with Crippen LogP contribution in [0, 0.1) is 0 Å². The molecule has 0 aromatic heterocycles. The van der Waals surface area contributed by atoms with Crippen molar-refractivity contribution in [3.8, 4) is 0 Å². The molecule has 1 fully saturated rings. The van der Waals surface area contributed by atoms with Crippen molar-refractivity contribution in [1.82, 2.24) is 10.2 Å². The summed E-state index contributed by atoms with van der Waals surface area (Å²) in [4.78, 5) is 14.9. The lowest BCUT2D eigenvalue weighted by atomic mass is 9.89. The van der Waals surface area contributed by atoms with Gasteiger partial charge in [-0.25, -0.2) is 0 Å². The normalized spacial score (nSPS) is 26.0. The van der Waals surface area contributed by atoms with Crippen molar-refractivity contribution in [3.05, 3.63) is 35.4 Å². The number of fused-ring (bicyclic) bond motifs is 1. The summed E-state index contributed by atoms with van der Waals surface area (Å²) in [6.45, 7) is 2.39. The van der Waals surface area contributed by atoms with Crippen molar-refractivity contribution < 1.29 is 9.90 Å². The third kappa shape index (κ3) is 2.97. The molecule has 1 saturated heterocycles. The van der Waals surface area contributed by atoms with Gasteiger partial charge in [0.25, 0.3) is 0 Å². The van der Waals surface area contributed by atoms with Crippen LogP contribution < -0.4 is 5.32 Å². The maximum Gasteiger partial charge on any atom is 0.231 e. The van der Waals surface area contributed by atoms with E-state index in [-0.39, 0.29) is 24.5 Å². The number of aliphatic hydroxyl groups is 1. The summed E-state index contributed by atoms with van der Waals surface area (Å²) in [6, 6.07) is 8.19. The highest BCUT2D eigenvalue weighted by Gasteiger charge is 2.33. The minimum atomic E-state index is -0.109. The molecule has 114 valence electrons. The van der Waals surface area contributed by atoms with E-state index in [0.29, 0.717) is 6.54 Å². The predicted octanol–water partition coefficient (Wildman–Crippen LogP) is 1.64. The topological polar surface area (TPSA) is 52.6 Å². The number of rotatable bonds is 2. The summed E-state index contributed by atoms with van der Waals surface area (Å²) in [5.41, 5.74) is 2.37. The van der Waals surface area contributed by atoms with E-state index in [0.717, 1.165) is 44.3 Å². The number of carbonyl (C=O) groups is 1. The van der Waals surface area contributed by atoms with Crippen molar-refractivity contribution in [2.75, 3.05) is 19.7 Å². The molecule has 2 atom stereocenters. The van der Waals surface area contributed by atoms with Gasteiger partial charge in [-0.1, -0.05) is 37.1 Å². The molecule has 0 bridgehead atoms. The van der Waals surface area contributed by atoms with E-state index in [1.54, 1.807) is 0 Å². The zero-order valence-corrected chi connectivity index (χ0v) is 12.4. The first-order chi connectivity index (χ1) is 10.3. The maximum atomic E-state index is 13.0. The predicted molar refractivity (Wildman–Crippen MR) is 81.9 cm³/mol. The Morgan fingerprint density at radius 2 is 2.14 bits per heavy atom. The van der Waals surface area contributed by atoms with Gasteiger partial charge in [0, 0.05) is 19.6 Å². The van der Waals surface area contributed by atoms with E-state index in [4.69, 9.17) is 0 Å². The highest BCUT2D eigenvalue weighted by Crippen LogP contribution is 2.28. The highest BCUT2D eigenvalue weighted by atomic mass is 16.3. The van der Waals surface area contributed by atoms with Crippen molar-refractivity contribution in [3.63, 3.8) is 0 Å². The number of aliphatic hydroxyl groups excluding tert-OH is 1. The van der Waals surface area contributed by atoms with Crippen LogP contribution in [0.2, 0.25) is 0 Å². The SMILES string of the molecule is O=C(C1CNCc2ccccc21)N1CCCCCC1CO. The highest BCUT2D eigenvalue weighted by molar-refractivity contribution is 5.85. The van der Waals surface area contributed by atoms with E-state index < -0.39 is 0 Å². The minimum absolute atomic E-state index is 0.00547. The summed E-state index contributed by atoms with van der Waals surface area (Å²) in [6.07, 6.45) is 4.22. The smallest absolute Gasteiger partial charge is 0.231 e. The molecular formula is C17H24N2O2. The summed E-state index contributed by atoms with van der Waals surface area (Å²) in [5, 5.41) is 13.0. The fraction of sp³-hybridized carbons (Fsp3) is 0.588. The van der Waals surface area contributed by atoms with E-state index >= 15 is 0 Å². The monoisotopic (exact) mass is 288 g/mol. The first-order valence-corrected chi connectivity index (χ1v) is 8.01. The molecule has 0 radical (unpaired) electrons. The first kappa shape index (κ1) is 14.5. The molecule has 2 unspecified atom stereocenters. The van der Waals surface area contributed by atoms with Gasteiger partial charge in [0.2, 0.25) is 5.91 Å². The number of nitrogens with zero attached hydrogens (tertiary/aromatic N) is 1. The Morgan fingerprint density at radius 1 is 1.29 bits per heavy atom. The molecule has 1 aromatic carbocycles. The molecule has 2 aliphatic rings. The minimum Gasteiger partial charge on any atom is -0.394 e. The lowest BCUT2D eigenvalue weighted by molar-refractivity contribution is -0.136. The number of amides is 1. The number of hydrogen-bond acceptors (Lipinski definition) is 3. The van der Waals surface area contributed by atoms with Crippen LogP contribution in [0.25, 0.3) is 0 Å². The van der Waals surface area contributed by atoms with Gasteiger partial charge >= 0.3 is 0 Å². The van der Waals surface area contributed by atoms with Gasteiger partial charge in [0.15, 0.2) is 0 Å². The zero-order chi connectivity index (χ0) is 14.7. The molecule has 0 spiro atoms. The van der Waals surface area contributed by atoms with Crippen LogP contribution in [0.4, 0.5) is 0 Å².